The molecule has 0 saturated carbocycles. The van der Waals surface area contributed by atoms with E-state index in [-0.39, 0.29) is 0 Å². The molecule has 0 atom stereocenters. The molecular weight excluding hydrogens is 204 g/mol. The van der Waals surface area contributed by atoms with E-state index in [2.05, 4.69) is 13.8 Å². The Labute approximate surface area is 96.6 Å². The second-order valence-corrected chi connectivity index (χ2v) is 7.87. The maximum atomic E-state index is 5.65. The minimum atomic E-state index is -1.80. The smallest absolute Gasteiger partial charge is 0.337 e. The summed E-state index contributed by atoms with van der Waals surface area (Å²) < 4.78 is 11.3. The molecule has 0 bridgehead atoms. The van der Waals surface area contributed by atoms with Crippen molar-refractivity contribution in [3.05, 3.63) is 0 Å². The Bertz CT molecular complexity index is 136. The van der Waals surface area contributed by atoms with Gasteiger partial charge >= 0.3 is 8.56 Å². The highest BCUT2D eigenvalue weighted by atomic mass is 28.4. The molecule has 0 unspecified atom stereocenters. The maximum absolute atomic E-state index is 5.65. The van der Waals surface area contributed by atoms with Crippen molar-refractivity contribution in [1.29, 1.82) is 0 Å². The predicted molar refractivity (Wildman–Crippen MR) is 68.4 cm³/mol. The molecule has 0 aliphatic carbocycles. The van der Waals surface area contributed by atoms with Crippen molar-refractivity contribution in [3.8, 4) is 0 Å². The van der Waals surface area contributed by atoms with E-state index in [1.54, 1.807) is 0 Å². The van der Waals surface area contributed by atoms with Crippen LogP contribution in [0.3, 0.4) is 0 Å². The standard InChI is InChI=1S/C12H28O2Si/c1-5-7-8-9-10-12-15(13-3,14-4)11-6-2/h5-12H2,1-4H3. The van der Waals surface area contributed by atoms with Gasteiger partial charge in [0.05, 0.1) is 0 Å². The molecule has 0 aromatic carbocycles. The van der Waals surface area contributed by atoms with E-state index in [9.17, 15) is 0 Å². The number of hydrogen-bond acceptors (Lipinski definition) is 2. The Morgan fingerprint density at radius 2 is 1.33 bits per heavy atom. The Morgan fingerprint density at radius 1 is 0.733 bits per heavy atom. The molecule has 2 nitrogen and oxygen atoms in total. The first-order chi connectivity index (χ1) is 7.24. The van der Waals surface area contributed by atoms with Crippen LogP contribution in [0.4, 0.5) is 0 Å². The zero-order valence-corrected chi connectivity index (χ0v) is 12.0. The second kappa shape index (κ2) is 9.37. The minimum absolute atomic E-state index is 1.13. The summed E-state index contributed by atoms with van der Waals surface area (Å²) in [6.45, 7) is 4.46. The van der Waals surface area contributed by atoms with Gasteiger partial charge in [-0.05, 0) is 12.1 Å². The van der Waals surface area contributed by atoms with Crippen LogP contribution < -0.4 is 0 Å². The SMILES string of the molecule is CCCCCCC[Si](CCC)(OC)OC. The van der Waals surface area contributed by atoms with Gasteiger partial charge in [-0.25, -0.2) is 0 Å². The first-order valence-electron chi connectivity index (χ1n) is 6.35. The van der Waals surface area contributed by atoms with Gasteiger partial charge in [-0.15, -0.1) is 0 Å². The summed E-state index contributed by atoms with van der Waals surface area (Å²) >= 11 is 0. The zero-order chi connectivity index (χ0) is 11.6. The third-order valence-corrected chi connectivity index (χ3v) is 6.90. The van der Waals surface area contributed by atoms with Gasteiger partial charge < -0.3 is 8.85 Å². The molecule has 92 valence electrons. The second-order valence-electron chi connectivity index (χ2n) is 4.23. The molecule has 0 heterocycles. The molecule has 0 aliphatic heterocycles. The number of rotatable bonds is 10. The molecule has 0 spiro atoms. The maximum Gasteiger partial charge on any atom is 0.337 e. The van der Waals surface area contributed by atoms with Crippen LogP contribution in [0.2, 0.25) is 12.1 Å². The highest BCUT2D eigenvalue weighted by Crippen LogP contribution is 2.22. The molecule has 3 heteroatoms. The van der Waals surface area contributed by atoms with Crippen LogP contribution in [0.1, 0.15) is 52.4 Å². The van der Waals surface area contributed by atoms with E-state index in [1.807, 2.05) is 14.2 Å². The van der Waals surface area contributed by atoms with Gasteiger partial charge in [0.1, 0.15) is 0 Å². The third-order valence-electron chi connectivity index (χ3n) is 3.04. The van der Waals surface area contributed by atoms with Gasteiger partial charge in [-0.1, -0.05) is 52.4 Å². The van der Waals surface area contributed by atoms with Gasteiger partial charge in [0, 0.05) is 14.2 Å². The van der Waals surface area contributed by atoms with Crippen LogP contribution in [0.5, 0.6) is 0 Å². The molecule has 0 rings (SSSR count). The topological polar surface area (TPSA) is 18.5 Å². The fourth-order valence-electron chi connectivity index (χ4n) is 2.00. The molecule has 15 heavy (non-hydrogen) atoms. The van der Waals surface area contributed by atoms with E-state index in [1.165, 1.54) is 38.5 Å². The monoisotopic (exact) mass is 232 g/mol. The summed E-state index contributed by atoms with van der Waals surface area (Å²) in [5.41, 5.74) is 0. The largest absolute Gasteiger partial charge is 0.398 e. The highest BCUT2D eigenvalue weighted by Gasteiger charge is 2.33. The Morgan fingerprint density at radius 3 is 1.80 bits per heavy atom. The van der Waals surface area contributed by atoms with Crippen LogP contribution in [-0.4, -0.2) is 22.8 Å². The summed E-state index contributed by atoms with van der Waals surface area (Å²) in [6, 6.07) is 2.30. The lowest BCUT2D eigenvalue weighted by Gasteiger charge is -2.26. The first-order valence-corrected chi connectivity index (χ1v) is 8.58. The van der Waals surface area contributed by atoms with Crippen LogP contribution >= 0.6 is 0 Å². The highest BCUT2D eigenvalue weighted by molar-refractivity contribution is 6.67. The van der Waals surface area contributed by atoms with Gasteiger partial charge in [-0.2, -0.15) is 0 Å². The Kier molecular flexibility index (Phi) is 9.45. The average Bonchev–Trinajstić information content (AvgIpc) is 2.27. The molecule has 0 aromatic heterocycles. The van der Waals surface area contributed by atoms with Crippen LogP contribution in [0.15, 0.2) is 0 Å². The average molecular weight is 232 g/mol. The van der Waals surface area contributed by atoms with Crippen molar-refractivity contribution >= 4 is 8.56 Å². The molecule has 0 aromatic rings. The van der Waals surface area contributed by atoms with Crippen LogP contribution in [0.25, 0.3) is 0 Å². The molecule has 0 amide bonds. The molecule has 0 fully saturated rings. The number of unbranched alkanes of at least 4 members (excludes halogenated alkanes) is 4. The van der Waals surface area contributed by atoms with Gasteiger partial charge in [0.25, 0.3) is 0 Å². The van der Waals surface area contributed by atoms with Crippen molar-refractivity contribution in [1.82, 2.24) is 0 Å². The summed E-state index contributed by atoms with van der Waals surface area (Å²) in [6.07, 6.45) is 7.81. The lowest BCUT2D eigenvalue weighted by atomic mass is 10.2. The van der Waals surface area contributed by atoms with Gasteiger partial charge in [-0.3, -0.25) is 0 Å². The Balaban J connectivity index is 3.74. The molecule has 0 radical (unpaired) electrons. The number of hydrogen-bond donors (Lipinski definition) is 0. The van der Waals surface area contributed by atoms with Crippen molar-refractivity contribution < 1.29 is 8.85 Å². The normalized spacial score (nSPS) is 12.0. The fourth-order valence-corrected chi connectivity index (χ4v) is 4.78. The molecular formula is C12H28O2Si. The lowest BCUT2D eigenvalue weighted by molar-refractivity contribution is 0.239. The van der Waals surface area contributed by atoms with E-state index in [0.717, 1.165) is 12.1 Å². The third kappa shape index (κ3) is 6.33. The van der Waals surface area contributed by atoms with Crippen molar-refractivity contribution in [2.45, 2.75) is 64.5 Å². The van der Waals surface area contributed by atoms with E-state index >= 15 is 0 Å². The summed E-state index contributed by atoms with van der Waals surface area (Å²) in [5, 5.41) is 0. The van der Waals surface area contributed by atoms with Crippen LogP contribution in [-0.2, 0) is 8.85 Å². The Hall–Kier alpha value is 0.137. The summed E-state index contributed by atoms with van der Waals surface area (Å²) in [5.74, 6) is 0. The van der Waals surface area contributed by atoms with E-state index < -0.39 is 8.56 Å². The lowest BCUT2D eigenvalue weighted by Crippen LogP contribution is -2.39. The van der Waals surface area contributed by atoms with E-state index in [4.69, 9.17) is 8.85 Å². The first kappa shape index (κ1) is 15.1. The van der Waals surface area contributed by atoms with Gasteiger partial charge in [0.2, 0.25) is 0 Å². The van der Waals surface area contributed by atoms with Crippen molar-refractivity contribution in [2.24, 2.45) is 0 Å². The van der Waals surface area contributed by atoms with E-state index in [0.29, 0.717) is 0 Å². The van der Waals surface area contributed by atoms with Gasteiger partial charge in [0.15, 0.2) is 0 Å². The zero-order valence-electron chi connectivity index (χ0n) is 11.0. The predicted octanol–water partition coefficient (Wildman–Crippen LogP) is 4.10. The molecule has 0 N–H and O–H groups in total. The fraction of sp³-hybridized carbons (Fsp3) is 1.00. The summed E-state index contributed by atoms with van der Waals surface area (Å²) in [7, 11) is 1.83. The summed E-state index contributed by atoms with van der Waals surface area (Å²) in [4.78, 5) is 0. The van der Waals surface area contributed by atoms with Crippen molar-refractivity contribution in [3.63, 3.8) is 0 Å². The van der Waals surface area contributed by atoms with Crippen LogP contribution in [0, 0.1) is 0 Å². The minimum Gasteiger partial charge on any atom is -0.398 e. The molecule has 0 aliphatic rings. The molecule has 0 saturated heterocycles. The quantitative estimate of drug-likeness (QED) is 0.417. The van der Waals surface area contributed by atoms with Crippen molar-refractivity contribution in [2.75, 3.05) is 14.2 Å².